The molecule has 122 valence electrons. The van der Waals surface area contributed by atoms with E-state index in [-0.39, 0.29) is 11.8 Å². The van der Waals surface area contributed by atoms with Crippen LogP contribution < -0.4 is 0 Å². The van der Waals surface area contributed by atoms with E-state index in [0.717, 1.165) is 49.7 Å². The van der Waals surface area contributed by atoms with Crippen LogP contribution in [-0.2, 0) is 11.2 Å². The van der Waals surface area contributed by atoms with E-state index in [0.29, 0.717) is 5.92 Å². The van der Waals surface area contributed by atoms with Crippen LogP contribution in [0.3, 0.4) is 0 Å². The molecule has 1 aliphatic rings. The largest absolute Gasteiger partial charge is 0.342 e. The first kappa shape index (κ1) is 15.9. The number of amides is 1. The second-order valence-electron chi connectivity index (χ2n) is 5.62. The fourth-order valence-corrected chi connectivity index (χ4v) is 3.26. The molecule has 0 unspecified atom stereocenters. The number of aryl methyl sites for hydroxylation is 1. The van der Waals surface area contributed by atoms with Crippen molar-refractivity contribution in [2.45, 2.75) is 32.1 Å². The molecule has 3 rings (SSSR count). The number of imidazole rings is 1. The zero-order chi connectivity index (χ0) is 16.2. The van der Waals surface area contributed by atoms with E-state index in [1.165, 1.54) is 0 Å². The summed E-state index contributed by atoms with van der Waals surface area (Å²) in [5.74, 6) is 2.18. The molecule has 1 saturated heterocycles. The molecule has 0 bridgehead atoms. The van der Waals surface area contributed by atoms with Crippen LogP contribution in [0.5, 0.6) is 0 Å². The number of rotatable bonds is 4. The van der Waals surface area contributed by atoms with Crippen molar-refractivity contribution in [2.75, 3.05) is 19.0 Å². The predicted molar refractivity (Wildman–Crippen MR) is 87.8 cm³/mol. The zero-order valence-electron chi connectivity index (χ0n) is 13.2. The summed E-state index contributed by atoms with van der Waals surface area (Å²) in [5.41, 5.74) is 0.984. The van der Waals surface area contributed by atoms with Crippen LogP contribution in [0, 0.1) is 0 Å². The predicted octanol–water partition coefficient (Wildman–Crippen LogP) is 2.17. The Hall–Kier alpha value is -1.95. The van der Waals surface area contributed by atoms with Gasteiger partial charge < -0.3 is 4.90 Å². The van der Waals surface area contributed by atoms with Crippen LogP contribution in [0.15, 0.2) is 24.8 Å². The molecule has 7 heteroatoms. The first-order valence-electron chi connectivity index (χ1n) is 7.91. The van der Waals surface area contributed by atoms with Crippen molar-refractivity contribution in [3.63, 3.8) is 0 Å². The van der Waals surface area contributed by atoms with Crippen molar-refractivity contribution >= 4 is 17.5 Å². The molecule has 1 aliphatic heterocycles. The number of hydrogen-bond acceptors (Lipinski definition) is 4. The van der Waals surface area contributed by atoms with Crippen molar-refractivity contribution in [3.05, 3.63) is 36.3 Å². The average Bonchev–Trinajstić information content (AvgIpc) is 3.10. The topological polar surface area (TPSA) is 63.9 Å². The Morgan fingerprint density at radius 1 is 1.22 bits per heavy atom. The summed E-state index contributed by atoms with van der Waals surface area (Å²) in [6.07, 6.45) is 9.76. The van der Waals surface area contributed by atoms with Crippen molar-refractivity contribution in [3.8, 4) is 5.82 Å². The molecule has 2 aromatic heterocycles. The third-order valence-electron chi connectivity index (χ3n) is 4.32. The van der Waals surface area contributed by atoms with Crippen LogP contribution in [-0.4, -0.2) is 49.3 Å². The molecular weight excluding hydrogens is 314 g/mol. The summed E-state index contributed by atoms with van der Waals surface area (Å²) in [5, 5.41) is 0. The van der Waals surface area contributed by atoms with Gasteiger partial charge in [-0.2, -0.15) is 0 Å². The maximum Gasteiger partial charge on any atom is 0.237 e. The second-order valence-corrected chi connectivity index (χ2v) is 5.89. The summed E-state index contributed by atoms with van der Waals surface area (Å²) >= 11 is 5.64. The number of likely N-dealkylation sites (tertiary alicyclic amines) is 1. The van der Waals surface area contributed by atoms with Gasteiger partial charge in [0, 0.05) is 50.2 Å². The molecule has 6 nitrogen and oxygen atoms in total. The Balaban J connectivity index is 1.84. The van der Waals surface area contributed by atoms with E-state index < -0.39 is 0 Å². The maximum absolute atomic E-state index is 11.7. The molecule has 3 heterocycles. The van der Waals surface area contributed by atoms with Gasteiger partial charge >= 0.3 is 0 Å². The van der Waals surface area contributed by atoms with Crippen molar-refractivity contribution in [1.82, 2.24) is 24.4 Å². The fraction of sp³-hybridized carbons (Fsp3) is 0.500. The standard InChI is InChI=1S/C16H20ClN5O/c1-2-13-18-7-10-22(13)16-15(19-5-6-20-16)12-3-8-21(9-4-12)14(23)11-17/h5-7,10,12H,2-4,8-9,11H2,1H3. The van der Waals surface area contributed by atoms with Crippen molar-refractivity contribution in [1.29, 1.82) is 0 Å². The van der Waals surface area contributed by atoms with Crippen LogP contribution in [0.2, 0.25) is 0 Å². The van der Waals surface area contributed by atoms with Gasteiger partial charge in [-0.15, -0.1) is 11.6 Å². The van der Waals surface area contributed by atoms with Gasteiger partial charge in [-0.3, -0.25) is 14.3 Å². The molecule has 0 aromatic carbocycles. The minimum atomic E-state index is 0.00682. The van der Waals surface area contributed by atoms with E-state index in [9.17, 15) is 4.79 Å². The second kappa shape index (κ2) is 7.08. The smallest absolute Gasteiger partial charge is 0.237 e. The first-order chi connectivity index (χ1) is 11.2. The summed E-state index contributed by atoms with van der Waals surface area (Å²) in [7, 11) is 0. The van der Waals surface area contributed by atoms with Crippen molar-refractivity contribution < 1.29 is 4.79 Å². The summed E-state index contributed by atoms with van der Waals surface area (Å²) < 4.78 is 2.01. The number of halogens is 1. The lowest BCUT2D eigenvalue weighted by molar-refractivity contribution is -0.129. The van der Waals surface area contributed by atoms with Gasteiger partial charge in [-0.25, -0.2) is 9.97 Å². The van der Waals surface area contributed by atoms with Gasteiger partial charge in [-0.1, -0.05) is 6.92 Å². The maximum atomic E-state index is 11.7. The van der Waals surface area contributed by atoms with E-state index in [4.69, 9.17) is 11.6 Å². The molecule has 0 spiro atoms. The molecule has 1 amide bonds. The highest BCUT2D eigenvalue weighted by molar-refractivity contribution is 6.27. The third-order valence-corrected chi connectivity index (χ3v) is 4.55. The summed E-state index contributed by atoms with van der Waals surface area (Å²) in [6.45, 7) is 3.51. The molecule has 0 aliphatic carbocycles. The lowest BCUT2D eigenvalue weighted by atomic mass is 9.93. The monoisotopic (exact) mass is 333 g/mol. The van der Waals surface area contributed by atoms with Crippen LogP contribution in [0.1, 0.15) is 37.2 Å². The van der Waals surface area contributed by atoms with E-state index in [1.807, 2.05) is 15.7 Å². The zero-order valence-corrected chi connectivity index (χ0v) is 13.9. The molecule has 0 saturated carbocycles. The Morgan fingerprint density at radius 3 is 2.65 bits per heavy atom. The molecule has 0 N–H and O–H groups in total. The number of nitrogens with zero attached hydrogens (tertiary/aromatic N) is 5. The fourth-order valence-electron chi connectivity index (χ4n) is 3.09. The number of hydrogen-bond donors (Lipinski definition) is 0. The Bertz CT molecular complexity index is 679. The average molecular weight is 334 g/mol. The highest BCUT2D eigenvalue weighted by Crippen LogP contribution is 2.30. The molecule has 2 aromatic rings. The molecule has 0 radical (unpaired) electrons. The van der Waals surface area contributed by atoms with Crippen molar-refractivity contribution in [2.24, 2.45) is 0 Å². The van der Waals surface area contributed by atoms with E-state index in [2.05, 4.69) is 21.9 Å². The minimum absolute atomic E-state index is 0.00682. The molecular formula is C16H20ClN5O. The van der Waals surface area contributed by atoms with Crippen LogP contribution >= 0.6 is 11.6 Å². The highest BCUT2D eigenvalue weighted by atomic mass is 35.5. The number of piperidine rings is 1. The molecule has 23 heavy (non-hydrogen) atoms. The van der Waals surface area contributed by atoms with Gasteiger partial charge in [0.25, 0.3) is 0 Å². The molecule has 0 atom stereocenters. The molecule has 1 fully saturated rings. The lowest BCUT2D eigenvalue weighted by Gasteiger charge is -2.31. The summed E-state index contributed by atoms with van der Waals surface area (Å²) in [6, 6.07) is 0. The third kappa shape index (κ3) is 3.22. The lowest BCUT2D eigenvalue weighted by Crippen LogP contribution is -2.38. The van der Waals surface area contributed by atoms with Gasteiger partial charge in [-0.05, 0) is 12.8 Å². The van der Waals surface area contributed by atoms with Crippen LogP contribution in [0.25, 0.3) is 5.82 Å². The van der Waals surface area contributed by atoms with Gasteiger partial charge in [0.05, 0.1) is 5.69 Å². The Morgan fingerprint density at radius 2 is 1.96 bits per heavy atom. The number of alkyl halides is 1. The summed E-state index contributed by atoms with van der Waals surface area (Å²) in [4.78, 5) is 27.0. The number of carbonyl (C=O) groups excluding carboxylic acids is 1. The van der Waals surface area contributed by atoms with E-state index >= 15 is 0 Å². The van der Waals surface area contributed by atoms with Crippen LogP contribution in [0.4, 0.5) is 0 Å². The SMILES string of the molecule is CCc1nccn1-c1nccnc1C1CCN(C(=O)CCl)CC1. The highest BCUT2D eigenvalue weighted by Gasteiger charge is 2.27. The minimum Gasteiger partial charge on any atom is -0.342 e. The Labute approximate surface area is 140 Å². The Kier molecular flexibility index (Phi) is 4.91. The van der Waals surface area contributed by atoms with Gasteiger partial charge in [0.15, 0.2) is 5.82 Å². The number of carbonyl (C=O) groups is 1. The van der Waals surface area contributed by atoms with E-state index in [1.54, 1.807) is 18.6 Å². The quantitative estimate of drug-likeness (QED) is 0.804. The number of aromatic nitrogens is 4. The normalized spacial score (nSPS) is 15.8. The first-order valence-corrected chi connectivity index (χ1v) is 8.45. The van der Waals surface area contributed by atoms with Gasteiger partial charge in [0.1, 0.15) is 11.7 Å². The van der Waals surface area contributed by atoms with Gasteiger partial charge in [0.2, 0.25) is 5.91 Å².